The Balaban J connectivity index is 2.29. The second-order valence-corrected chi connectivity index (χ2v) is 5.19. The predicted octanol–water partition coefficient (Wildman–Crippen LogP) is 3.33. The van der Waals surface area contributed by atoms with Crippen LogP contribution in [0.1, 0.15) is 38.7 Å². The highest BCUT2D eigenvalue weighted by Gasteiger charge is 2.11. The number of hydrogen-bond donors (Lipinski definition) is 2. The van der Waals surface area contributed by atoms with Gasteiger partial charge in [0, 0.05) is 24.2 Å². The molecule has 0 radical (unpaired) electrons. The molecule has 112 valence electrons. The molecule has 5 heteroatoms. The highest BCUT2D eigenvalue weighted by molar-refractivity contribution is 5.69. The van der Waals surface area contributed by atoms with Crippen molar-refractivity contribution in [1.82, 2.24) is 5.32 Å². The van der Waals surface area contributed by atoms with Crippen LogP contribution in [0.5, 0.6) is 0 Å². The third kappa shape index (κ3) is 5.65. The van der Waals surface area contributed by atoms with E-state index in [1.165, 1.54) is 12.1 Å². The predicted molar refractivity (Wildman–Crippen MR) is 73.3 cm³/mol. The van der Waals surface area contributed by atoms with Crippen LogP contribution in [-0.2, 0) is 11.3 Å². The summed E-state index contributed by atoms with van der Waals surface area (Å²) in [4.78, 5) is 10.7. The van der Waals surface area contributed by atoms with Crippen LogP contribution in [0, 0.1) is 17.6 Å². The molecular formula is C15H21F2NO2. The van der Waals surface area contributed by atoms with Crippen LogP contribution in [0.4, 0.5) is 8.78 Å². The van der Waals surface area contributed by atoms with Crippen LogP contribution >= 0.6 is 0 Å². The molecule has 0 bridgehead atoms. The molecule has 0 aliphatic carbocycles. The zero-order valence-corrected chi connectivity index (χ0v) is 11.8. The molecule has 0 saturated carbocycles. The zero-order chi connectivity index (χ0) is 15.1. The van der Waals surface area contributed by atoms with Crippen LogP contribution < -0.4 is 5.32 Å². The van der Waals surface area contributed by atoms with Gasteiger partial charge in [-0.1, -0.05) is 19.4 Å². The van der Waals surface area contributed by atoms with Gasteiger partial charge in [-0.05, 0) is 25.8 Å². The number of carbonyl (C=O) groups is 1. The number of carboxylic acids is 1. The maximum atomic E-state index is 13.4. The summed E-state index contributed by atoms with van der Waals surface area (Å²) in [6.07, 6.45) is 2.25. The fourth-order valence-electron chi connectivity index (χ4n) is 1.90. The molecule has 0 aliphatic heterocycles. The normalized spacial score (nSPS) is 14.0. The Morgan fingerprint density at radius 3 is 2.60 bits per heavy atom. The molecule has 0 saturated heterocycles. The smallest absolute Gasteiger partial charge is 0.306 e. The lowest BCUT2D eigenvalue weighted by atomic mass is 10.0. The molecule has 0 amide bonds. The van der Waals surface area contributed by atoms with E-state index in [1.807, 2.05) is 6.92 Å². The number of aliphatic carboxylic acids is 1. The minimum Gasteiger partial charge on any atom is -0.481 e. The van der Waals surface area contributed by atoms with Gasteiger partial charge in [0.2, 0.25) is 0 Å². The van der Waals surface area contributed by atoms with Gasteiger partial charge in [0.1, 0.15) is 11.6 Å². The number of carboxylic acid groups (broad SMARTS) is 1. The van der Waals surface area contributed by atoms with E-state index in [0.717, 1.165) is 18.9 Å². The highest BCUT2D eigenvalue weighted by atomic mass is 19.1. The van der Waals surface area contributed by atoms with E-state index in [1.54, 1.807) is 6.92 Å². The van der Waals surface area contributed by atoms with Crippen molar-refractivity contribution in [2.75, 3.05) is 0 Å². The molecule has 0 fully saturated rings. The molecule has 1 aromatic rings. The zero-order valence-electron chi connectivity index (χ0n) is 11.8. The average molecular weight is 285 g/mol. The maximum absolute atomic E-state index is 13.4. The highest BCUT2D eigenvalue weighted by Crippen LogP contribution is 2.12. The van der Waals surface area contributed by atoms with Crippen molar-refractivity contribution in [3.63, 3.8) is 0 Å². The first-order chi connectivity index (χ1) is 9.40. The maximum Gasteiger partial charge on any atom is 0.306 e. The third-order valence-electron chi connectivity index (χ3n) is 3.35. The molecule has 0 spiro atoms. The summed E-state index contributed by atoms with van der Waals surface area (Å²) >= 11 is 0. The van der Waals surface area contributed by atoms with Crippen LogP contribution in [0.3, 0.4) is 0 Å². The van der Waals surface area contributed by atoms with Crippen LogP contribution in [0.15, 0.2) is 18.2 Å². The van der Waals surface area contributed by atoms with E-state index >= 15 is 0 Å². The number of halogens is 2. The van der Waals surface area contributed by atoms with Crippen LogP contribution in [0.2, 0.25) is 0 Å². The van der Waals surface area contributed by atoms with Crippen LogP contribution in [0.25, 0.3) is 0 Å². The Morgan fingerprint density at radius 2 is 2.00 bits per heavy atom. The molecule has 1 rings (SSSR count). The van der Waals surface area contributed by atoms with Gasteiger partial charge in [-0.25, -0.2) is 8.78 Å². The largest absolute Gasteiger partial charge is 0.481 e. The van der Waals surface area contributed by atoms with Crippen molar-refractivity contribution in [2.24, 2.45) is 5.92 Å². The van der Waals surface area contributed by atoms with Gasteiger partial charge in [0.05, 0.1) is 5.92 Å². The van der Waals surface area contributed by atoms with Crippen LogP contribution in [-0.4, -0.2) is 17.1 Å². The fourth-order valence-corrected chi connectivity index (χ4v) is 1.90. The summed E-state index contributed by atoms with van der Waals surface area (Å²) in [5, 5.41) is 11.9. The second kappa shape index (κ2) is 7.94. The van der Waals surface area contributed by atoms with Crippen molar-refractivity contribution >= 4 is 5.97 Å². The first-order valence-electron chi connectivity index (χ1n) is 6.80. The first kappa shape index (κ1) is 16.6. The summed E-state index contributed by atoms with van der Waals surface area (Å²) in [6.45, 7) is 3.99. The van der Waals surface area contributed by atoms with Crippen molar-refractivity contribution in [1.29, 1.82) is 0 Å². The first-order valence-corrected chi connectivity index (χ1v) is 6.80. The number of hydrogen-bond acceptors (Lipinski definition) is 2. The van der Waals surface area contributed by atoms with E-state index in [2.05, 4.69) is 5.32 Å². The third-order valence-corrected chi connectivity index (χ3v) is 3.35. The Kier molecular flexibility index (Phi) is 6.58. The van der Waals surface area contributed by atoms with E-state index < -0.39 is 17.6 Å². The quantitative estimate of drug-likeness (QED) is 0.770. The lowest BCUT2D eigenvalue weighted by Crippen LogP contribution is -2.26. The minimum absolute atomic E-state index is 0.153. The Hall–Kier alpha value is -1.49. The Bertz CT molecular complexity index is 451. The molecule has 0 heterocycles. The van der Waals surface area contributed by atoms with E-state index in [9.17, 15) is 13.6 Å². The Labute approximate surface area is 118 Å². The Morgan fingerprint density at radius 1 is 1.30 bits per heavy atom. The van der Waals surface area contributed by atoms with Crippen molar-refractivity contribution < 1.29 is 18.7 Å². The number of nitrogens with one attached hydrogen (secondary N) is 1. The van der Waals surface area contributed by atoms with Crippen molar-refractivity contribution in [3.05, 3.63) is 35.4 Å². The molecule has 0 aromatic heterocycles. The second-order valence-electron chi connectivity index (χ2n) is 5.19. The molecular weight excluding hydrogens is 264 g/mol. The molecule has 2 unspecified atom stereocenters. The van der Waals surface area contributed by atoms with Gasteiger partial charge < -0.3 is 10.4 Å². The summed E-state index contributed by atoms with van der Waals surface area (Å²) in [5.41, 5.74) is 0.428. The minimum atomic E-state index is -0.779. The summed E-state index contributed by atoms with van der Waals surface area (Å²) in [6, 6.07) is 3.69. The fraction of sp³-hybridized carbons (Fsp3) is 0.533. The van der Waals surface area contributed by atoms with Crippen molar-refractivity contribution in [2.45, 2.75) is 45.7 Å². The van der Waals surface area contributed by atoms with Gasteiger partial charge in [0.25, 0.3) is 0 Å². The molecule has 2 N–H and O–H groups in total. The van der Waals surface area contributed by atoms with E-state index in [4.69, 9.17) is 5.11 Å². The van der Waals surface area contributed by atoms with E-state index in [0.29, 0.717) is 18.5 Å². The number of benzene rings is 1. The lowest BCUT2D eigenvalue weighted by Gasteiger charge is -2.15. The van der Waals surface area contributed by atoms with E-state index in [-0.39, 0.29) is 12.0 Å². The molecule has 2 atom stereocenters. The van der Waals surface area contributed by atoms with Gasteiger partial charge >= 0.3 is 5.97 Å². The average Bonchev–Trinajstić information content (AvgIpc) is 2.37. The monoisotopic (exact) mass is 285 g/mol. The summed E-state index contributed by atoms with van der Waals surface area (Å²) in [7, 11) is 0. The number of rotatable bonds is 8. The summed E-state index contributed by atoms with van der Waals surface area (Å²) < 4.78 is 26.1. The summed E-state index contributed by atoms with van der Waals surface area (Å²) in [5.74, 6) is -2.25. The topological polar surface area (TPSA) is 49.3 Å². The molecule has 3 nitrogen and oxygen atoms in total. The molecule has 20 heavy (non-hydrogen) atoms. The van der Waals surface area contributed by atoms with Gasteiger partial charge in [-0.2, -0.15) is 0 Å². The lowest BCUT2D eigenvalue weighted by molar-refractivity contribution is -0.141. The molecule has 1 aromatic carbocycles. The van der Waals surface area contributed by atoms with Gasteiger partial charge in [0.15, 0.2) is 0 Å². The molecule has 0 aliphatic rings. The van der Waals surface area contributed by atoms with Gasteiger partial charge in [-0.3, -0.25) is 4.79 Å². The van der Waals surface area contributed by atoms with Crippen molar-refractivity contribution in [3.8, 4) is 0 Å². The SMILES string of the molecule is CC(CCCC(C)C(=O)O)NCc1ccc(F)cc1F. The van der Waals surface area contributed by atoms with Gasteiger partial charge in [-0.15, -0.1) is 0 Å². The standard InChI is InChI=1S/C15H21F2NO2/c1-10(15(19)20)4-3-5-11(2)18-9-12-6-7-13(16)8-14(12)17/h6-8,10-11,18H,3-5,9H2,1-2H3,(H,19,20).